The highest BCUT2D eigenvalue weighted by Crippen LogP contribution is 2.52. The van der Waals surface area contributed by atoms with Crippen LogP contribution in [0.15, 0.2) is 36.4 Å². The molecule has 23 heavy (non-hydrogen) atoms. The molecule has 0 aromatic heterocycles. The predicted molar refractivity (Wildman–Crippen MR) is 101 cm³/mol. The van der Waals surface area contributed by atoms with E-state index < -0.39 is 0 Å². The molecule has 1 N–H and O–H groups in total. The SMILES string of the molecule is S=C1CCC2C(N1)c1ccc(Cl)cc1C2c1ccc(Cl)c(Cl)c1. The van der Waals surface area contributed by atoms with Crippen molar-refractivity contribution in [1.82, 2.24) is 5.32 Å². The zero-order chi connectivity index (χ0) is 16.1. The van der Waals surface area contributed by atoms with Crippen LogP contribution in [0.2, 0.25) is 15.1 Å². The van der Waals surface area contributed by atoms with Crippen molar-refractivity contribution in [3.8, 4) is 0 Å². The average Bonchev–Trinajstić information content (AvgIpc) is 2.83. The van der Waals surface area contributed by atoms with Crippen molar-refractivity contribution in [2.45, 2.75) is 24.8 Å². The topological polar surface area (TPSA) is 12.0 Å². The van der Waals surface area contributed by atoms with E-state index in [0.29, 0.717) is 16.0 Å². The van der Waals surface area contributed by atoms with Crippen molar-refractivity contribution in [1.29, 1.82) is 0 Å². The van der Waals surface area contributed by atoms with Gasteiger partial charge >= 0.3 is 0 Å². The standard InChI is InChI=1S/C18H14Cl3NS/c19-10-2-3-11-13(8-10)17(9-1-5-14(20)15(21)7-9)12-4-6-16(23)22-18(11)12/h1-3,5,7-8,12,17-18H,4,6H2,(H,22,23). The fourth-order valence-electron chi connectivity index (χ4n) is 3.95. The Kier molecular flexibility index (Phi) is 4.05. The van der Waals surface area contributed by atoms with Gasteiger partial charge in [-0.1, -0.05) is 59.2 Å². The largest absolute Gasteiger partial charge is 0.373 e. The first-order chi connectivity index (χ1) is 11.0. The molecule has 2 aromatic rings. The summed E-state index contributed by atoms with van der Waals surface area (Å²) >= 11 is 24.0. The zero-order valence-electron chi connectivity index (χ0n) is 12.2. The highest BCUT2D eigenvalue weighted by Gasteiger charge is 2.43. The first kappa shape index (κ1) is 15.7. The number of halogens is 3. The molecule has 5 heteroatoms. The molecule has 0 saturated carbocycles. The monoisotopic (exact) mass is 381 g/mol. The zero-order valence-corrected chi connectivity index (χ0v) is 15.2. The van der Waals surface area contributed by atoms with Crippen LogP contribution in [0.25, 0.3) is 0 Å². The molecular weight excluding hydrogens is 369 g/mol. The van der Waals surface area contributed by atoms with Crippen molar-refractivity contribution >= 4 is 52.0 Å². The molecule has 1 nitrogen and oxygen atoms in total. The highest BCUT2D eigenvalue weighted by molar-refractivity contribution is 7.80. The Hall–Kier alpha value is -0.800. The number of rotatable bonds is 1. The molecule has 3 unspecified atom stereocenters. The van der Waals surface area contributed by atoms with Gasteiger partial charge in [0.15, 0.2) is 0 Å². The Morgan fingerprint density at radius 2 is 1.78 bits per heavy atom. The second kappa shape index (κ2) is 5.93. The summed E-state index contributed by atoms with van der Waals surface area (Å²) in [5, 5.41) is 5.44. The molecule has 118 valence electrons. The van der Waals surface area contributed by atoms with Crippen molar-refractivity contribution in [2.75, 3.05) is 0 Å². The van der Waals surface area contributed by atoms with Gasteiger partial charge in [0, 0.05) is 10.9 Å². The number of nitrogens with one attached hydrogen (secondary N) is 1. The number of hydrogen-bond acceptors (Lipinski definition) is 1. The van der Waals surface area contributed by atoms with E-state index in [0.717, 1.165) is 22.9 Å². The van der Waals surface area contributed by atoms with Crippen molar-refractivity contribution in [3.05, 3.63) is 68.2 Å². The molecule has 3 atom stereocenters. The van der Waals surface area contributed by atoms with Gasteiger partial charge in [-0.3, -0.25) is 0 Å². The average molecular weight is 383 g/mol. The number of hydrogen-bond donors (Lipinski definition) is 1. The maximum atomic E-state index is 6.27. The van der Waals surface area contributed by atoms with Crippen LogP contribution in [0.1, 0.15) is 41.5 Å². The second-order valence-corrected chi connectivity index (χ2v) is 7.92. The van der Waals surface area contributed by atoms with E-state index in [1.165, 1.54) is 16.7 Å². The summed E-state index contributed by atoms with van der Waals surface area (Å²) in [4.78, 5) is 0.946. The Bertz CT molecular complexity index is 805. The molecule has 0 radical (unpaired) electrons. The lowest BCUT2D eigenvalue weighted by atomic mass is 9.80. The Balaban J connectivity index is 1.86. The van der Waals surface area contributed by atoms with Crippen LogP contribution in [0, 0.1) is 5.92 Å². The van der Waals surface area contributed by atoms with Crippen LogP contribution in [0.5, 0.6) is 0 Å². The van der Waals surface area contributed by atoms with Crippen LogP contribution in [0.4, 0.5) is 0 Å². The molecular formula is C18H14Cl3NS. The smallest absolute Gasteiger partial charge is 0.0758 e. The molecule has 1 fully saturated rings. The summed E-state index contributed by atoms with van der Waals surface area (Å²) < 4.78 is 0. The lowest BCUT2D eigenvalue weighted by molar-refractivity contribution is 0.357. The first-order valence-corrected chi connectivity index (χ1v) is 9.12. The maximum absolute atomic E-state index is 6.27. The molecule has 4 rings (SSSR count). The quantitative estimate of drug-likeness (QED) is 0.593. The van der Waals surface area contributed by atoms with E-state index in [2.05, 4.69) is 23.5 Å². The van der Waals surface area contributed by atoms with Gasteiger partial charge in [-0.05, 0) is 59.7 Å². The summed E-state index contributed by atoms with van der Waals surface area (Å²) in [7, 11) is 0. The minimum Gasteiger partial charge on any atom is -0.373 e. The van der Waals surface area contributed by atoms with Gasteiger partial charge in [0.25, 0.3) is 0 Å². The van der Waals surface area contributed by atoms with Gasteiger partial charge in [0.05, 0.1) is 21.1 Å². The first-order valence-electron chi connectivity index (χ1n) is 7.58. The van der Waals surface area contributed by atoms with Gasteiger partial charge in [-0.2, -0.15) is 0 Å². The highest BCUT2D eigenvalue weighted by atomic mass is 35.5. The summed E-state index contributed by atoms with van der Waals surface area (Å²) in [6.45, 7) is 0. The molecule has 0 bridgehead atoms. The van der Waals surface area contributed by atoms with E-state index in [1.807, 2.05) is 18.2 Å². The molecule has 1 heterocycles. The van der Waals surface area contributed by atoms with Crippen LogP contribution in [-0.2, 0) is 0 Å². The molecule has 2 aromatic carbocycles. The number of thiocarbonyl (C=S) groups is 1. The van der Waals surface area contributed by atoms with E-state index in [9.17, 15) is 0 Å². The third-order valence-corrected chi connectivity index (χ3v) is 6.20. The summed E-state index contributed by atoms with van der Waals surface area (Å²) in [5.41, 5.74) is 3.74. The van der Waals surface area contributed by atoms with Crippen molar-refractivity contribution in [3.63, 3.8) is 0 Å². The van der Waals surface area contributed by atoms with Crippen LogP contribution in [0.3, 0.4) is 0 Å². The van der Waals surface area contributed by atoms with Gasteiger partial charge in [0.1, 0.15) is 0 Å². The van der Waals surface area contributed by atoms with Gasteiger partial charge < -0.3 is 5.32 Å². The molecule has 0 amide bonds. The molecule has 2 aliphatic rings. The summed E-state index contributed by atoms with van der Waals surface area (Å²) in [6.07, 6.45) is 1.99. The Labute approximate surface area is 155 Å². The minimum absolute atomic E-state index is 0.253. The van der Waals surface area contributed by atoms with Gasteiger partial charge in [0.2, 0.25) is 0 Å². The number of fused-ring (bicyclic) bond motifs is 3. The van der Waals surface area contributed by atoms with E-state index in [4.69, 9.17) is 47.0 Å². The van der Waals surface area contributed by atoms with Crippen molar-refractivity contribution in [2.24, 2.45) is 5.92 Å². The molecule has 0 spiro atoms. The summed E-state index contributed by atoms with van der Waals surface area (Å²) in [5.74, 6) is 0.714. The molecule has 1 aliphatic carbocycles. The Morgan fingerprint density at radius 1 is 0.957 bits per heavy atom. The second-order valence-electron chi connectivity index (χ2n) is 6.17. The van der Waals surface area contributed by atoms with E-state index in [1.54, 1.807) is 0 Å². The third-order valence-electron chi connectivity index (χ3n) is 4.90. The maximum Gasteiger partial charge on any atom is 0.0758 e. The molecule has 1 aliphatic heterocycles. The van der Waals surface area contributed by atoms with Crippen LogP contribution >= 0.6 is 47.0 Å². The number of piperidine rings is 1. The lowest BCUT2D eigenvalue weighted by Crippen LogP contribution is -2.36. The predicted octanol–water partition coefficient (Wildman–Crippen LogP) is 6.16. The van der Waals surface area contributed by atoms with Gasteiger partial charge in [-0.15, -0.1) is 0 Å². The van der Waals surface area contributed by atoms with Crippen LogP contribution < -0.4 is 5.32 Å². The fraction of sp³-hybridized carbons (Fsp3) is 0.278. The Morgan fingerprint density at radius 3 is 2.57 bits per heavy atom. The van der Waals surface area contributed by atoms with Gasteiger partial charge in [-0.25, -0.2) is 0 Å². The van der Waals surface area contributed by atoms with E-state index in [-0.39, 0.29) is 12.0 Å². The minimum atomic E-state index is 0.253. The third kappa shape index (κ3) is 2.66. The summed E-state index contributed by atoms with van der Waals surface area (Å²) in [6, 6.07) is 12.3. The van der Waals surface area contributed by atoms with E-state index >= 15 is 0 Å². The molecule has 1 saturated heterocycles. The van der Waals surface area contributed by atoms with Crippen LogP contribution in [-0.4, -0.2) is 4.99 Å². The van der Waals surface area contributed by atoms with Crippen molar-refractivity contribution < 1.29 is 0 Å². The fourth-order valence-corrected chi connectivity index (χ4v) is 4.68. The normalized spacial score (nSPS) is 25.7. The lowest BCUT2D eigenvalue weighted by Gasteiger charge is -2.32. The number of benzene rings is 2.